The van der Waals surface area contributed by atoms with E-state index in [-0.39, 0.29) is 12.1 Å². The summed E-state index contributed by atoms with van der Waals surface area (Å²) >= 11 is 6.39. The van der Waals surface area contributed by atoms with Crippen molar-refractivity contribution in [1.82, 2.24) is 14.9 Å². The number of urea groups is 1. The Bertz CT molecular complexity index is 1120. The Morgan fingerprint density at radius 2 is 2.09 bits per heavy atom. The van der Waals surface area contributed by atoms with Crippen LogP contribution in [0.3, 0.4) is 0 Å². The van der Waals surface area contributed by atoms with E-state index in [0.717, 1.165) is 48.0 Å². The standard InChI is InChI=1S/C25H31ClN4O3/c1-4-5-6-13-33-22-14-19(7-8-21(22)32-3)29-12-10-17(2)30(25(29)31)16-18-9-11-27-24-23(18)20(26)15-28-24/h7-9,11,14-15,17H,4-6,10,12-13,16H2,1-3H3,(H,27,28)/t17-/m0/s1. The van der Waals surface area contributed by atoms with Crippen molar-refractivity contribution in [2.24, 2.45) is 0 Å². The van der Waals surface area contributed by atoms with Crippen molar-refractivity contribution in [3.05, 3.63) is 47.2 Å². The van der Waals surface area contributed by atoms with Gasteiger partial charge in [0.05, 0.1) is 18.7 Å². The van der Waals surface area contributed by atoms with Crippen LogP contribution in [0, 0.1) is 0 Å². The highest BCUT2D eigenvalue weighted by Crippen LogP contribution is 2.35. The predicted octanol–water partition coefficient (Wildman–Crippen LogP) is 6.01. The predicted molar refractivity (Wildman–Crippen MR) is 131 cm³/mol. The number of nitrogens with one attached hydrogen (secondary N) is 1. The lowest BCUT2D eigenvalue weighted by Gasteiger charge is -2.40. The Balaban J connectivity index is 1.57. The number of aromatic nitrogens is 2. The summed E-state index contributed by atoms with van der Waals surface area (Å²) in [5, 5.41) is 1.48. The van der Waals surface area contributed by atoms with Crippen LogP contribution in [0.1, 0.15) is 45.1 Å². The number of carbonyl (C=O) groups excluding carboxylic acids is 1. The molecule has 0 aliphatic carbocycles. The van der Waals surface area contributed by atoms with Crippen molar-refractivity contribution >= 4 is 34.4 Å². The number of unbranched alkanes of at least 4 members (excludes halogenated alkanes) is 2. The van der Waals surface area contributed by atoms with Crippen LogP contribution < -0.4 is 14.4 Å². The number of H-pyrrole nitrogens is 1. The molecule has 2 aromatic heterocycles. The SMILES string of the molecule is CCCCCOc1cc(N2CC[C@H](C)N(Cc3ccnc4[nH]cc(Cl)c34)C2=O)ccc1OC. The number of hydrogen-bond donors (Lipinski definition) is 1. The second kappa shape index (κ2) is 10.3. The van der Waals surface area contributed by atoms with Gasteiger partial charge in [0.1, 0.15) is 5.65 Å². The topological polar surface area (TPSA) is 70.7 Å². The van der Waals surface area contributed by atoms with E-state index < -0.39 is 0 Å². The highest BCUT2D eigenvalue weighted by Gasteiger charge is 2.32. The van der Waals surface area contributed by atoms with Gasteiger partial charge >= 0.3 is 6.03 Å². The Morgan fingerprint density at radius 3 is 2.88 bits per heavy atom. The molecule has 7 nitrogen and oxygen atoms in total. The van der Waals surface area contributed by atoms with E-state index in [1.165, 1.54) is 0 Å². The van der Waals surface area contributed by atoms with Gasteiger partial charge in [-0.1, -0.05) is 31.4 Å². The molecule has 176 valence electrons. The molecule has 0 spiro atoms. The van der Waals surface area contributed by atoms with E-state index in [9.17, 15) is 4.79 Å². The van der Waals surface area contributed by atoms with Gasteiger partial charge in [0, 0.05) is 48.7 Å². The first-order valence-corrected chi connectivity index (χ1v) is 11.9. The lowest BCUT2D eigenvalue weighted by molar-refractivity contribution is 0.166. The van der Waals surface area contributed by atoms with Gasteiger partial charge < -0.3 is 19.4 Å². The number of carbonyl (C=O) groups is 1. The number of fused-ring (bicyclic) bond motifs is 1. The molecule has 2 amide bonds. The molecule has 1 aromatic carbocycles. The number of hydrogen-bond acceptors (Lipinski definition) is 4. The summed E-state index contributed by atoms with van der Waals surface area (Å²) in [5.74, 6) is 1.34. The summed E-state index contributed by atoms with van der Waals surface area (Å²) < 4.78 is 11.5. The van der Waals surface area contributed by atoms with Crippen molar-refractivity contribution in [1.29, 1.82) is 0 Å². The van der Waals surface area contributed by atoms with Crippen LogP contribution >= 0.6 is 11.6 Å². The fourth-order valence-electron chi connectivity index (χ4n) is 4.25. The second-order valence-corrected chi connectivity index (χ2v) is 8.83. The van der Waals surface area contributed by atoms with E-state index in [2.05, 4.69) is 23.8 Å². The molecule has 3 aromatic rings. The molecule has 0 bridgehead atoms. The third-order valence-electron chi connectivity index (χ3n) is 6.20. The molecule has 3 heterocycles. The average molecular weight is 471 g/mol. The Kier molecular flexibility index (Phi) is 7.28. The molecular weight excluding hydrogens is 440 g/mol. The molecule has 1 atom stereocenters. The summed E-state index contributed by atoms with van der Waals surface area (Å²) in [6.45, 7) is 5.98. The van der Waals surface area contributed by atoms with Gasteiger partial charge in [-0.2, -0.15) is 0 Å². The van der Waals surface area contributed by atoms with Crippen molar-refractivity contribution in [3.63, 3.8) is 0 Å². The number of halogens is 1. The van der Waals surface area contributed by atoms with Gasteiger partial charge in [0.2, 0.25) is 0 Å². The summed E-state index contributed by atoms with van der Waals surface area (Å²) in [5.41, 5.74) is 2.51. The Morgan fingerprint density at radius 1 is 1.24 bits per heavy atom. The molecule has 1 fully saturated rings. The van der Waals surface area contributed by atoms with Crippen LogP contribution in [-0.2, 0) is 6.54 Å². The third kappa shape index (κ3) is 4.88. The zero-order valence-electron chi connectivity index (χ0n) is 19.4. The zero-order chi connectivity index (χ0) is 23.4. The van der Waals surface area contributed by atoms with Crippen LogP contribution in [0.5, 0.6) is 11.5 Å². The maximum atomic E-state index is 13.6. The van der Waals surface area contributed by atoms with E-state index in [0.29, 0.717) is 36.2 Å². The van der Waals surface area contributed by atoms with Gasteiger partial charge in [-0.25, -0.2) is 9.78 Å². The van der Waals surface area contributed by atoms with E-state index in [1.54, 1.807) is 19.5 Å². The van der Waals surface area contributed by atoms with Crippen LogP contribution in [0.25, 0.3) is 11.0 Å². The number of ether oxygens (including phenoxy) is 2. The molecule has 8 heteroatoms. The van der Waals surface area contributed by atoms with Gasteiger partial charge in [-0.15, -0.1) is 0 Å². The molecule has 1 aliphatic heterocycles. The average Bonchev–Trinajstić information content (AvgIpc) is 3.21. The number of benzene rings is 1. The minimum Gasteiger partial charge on any atom is -0.493 e. The minimum atomic E-state index is -0.0347. The van der Waals surface area contributed by atoms with Crippen LogP contribution in [0.4, 0.5) is 10.5 Å². The first-order valence-electron chi connectivity index (χ1n) is 11.5. The third-order valence-corrected chi connectivity index (χ3v) is 6.49. The lowest BCUT2D eigenvalue weighted by atomic mass is 10.1. The highest BCUT2D eigenvalue weighted by molar-refractivity contribution is 6.35. The number of rotatable bonds is 9. The molecule has 1 saturated heterocycles. The van der Waals surface area contributed by atoms with Gasteiger partial charge in [-0.05, 0) is 43.5 Å². The lowest BCUT2D eigenvalue weighted by Crippen LogP contribution is -2.53. The smallest absolute Gasteiger partial charge is 0.325 e. The van der Waals surface area contributed by atoms with Crippen molar-refractivity contribution in [3.8, 4) is 11.5 Å². The molecule has 0 saturated carbocycles. The normalized spacial score (nSPS) is 16.5. The highest BCUT2D eigenvalue weighted by atomic mass is 35.5. The van der Waals surface area contributed by atoms with Gasteiger partial charge in [0.15, 0.2) is 11.5 Å². The van der Waals surface area contributed by atoms with Crippen LogP contribution in [0.15, 0.2) is 36.7 Å². The van der Waals surface area contributed by atoms with Gasteiger partial charge in [0.25, 0.3) is 0 Å². The van der Waals surface area contributed by atoms with E-state index in [4.69, 9.17) is 21.1 Å². The number of amides is 2. The largest absolute Gasteiger partial charge is 0.493 e. The molecule has 1 N–H and O–H groups in total. The molecule has 4 rings (SSSR count). The maximum absolute atomic E-state index is 13.6. The molecule has 33 heavy (non-hydrogen) atoms. The summed E-state index contributed by atoms with van der Waals surface area (Å²) in [6, 6.07) is 7.69. The first kappa shape index (κ1) is 23.2. The summed E-state index contributed by atoms with van der Waals surface area (Å²) in [7, 11) is 1.63. The zero-order valence-corrected chi connectivity index (χ0v) is 20.2. The number of aromatic amines is 1. The quantitative estimate of drug-likeness (QED) is 0.388. The van der Waals surface area contributed by atoms with Crippen LogP contribution in [0.2, 0.25) is 5.02 Å². The second-order valence-electron chi connectivity index (χ2n) is 8.42. The number of pyridine rings is 1. The number of anilines is 1. The fraction of sp³-hybridized carbons (Fsp3) is 0.440. The van der Waals surface area contributed by atoms with Crippen molar-refractivity contribution < 1.29 is 14.3 Å². The molecule has 0 unspecified atom stereocenters. The van der Waals surface area contributed by atoms with Crippen molar-refractivity contribution in [2.75, 3.05) is 25.2 Å². The first-order chi connectivity index (χ1) is 16.0. The fourth-order valence-corrected chi connectivity index (χ4v) is 4.52. The van der Waals surface area contributed by atoms with Gasteiger partial charge in [-0.3, -0.25) is 4.90 Å². The Labute approximate surface area is 199 Å². The number of nitrogens with zero attached hydrogens (tertiary/aromatic N) is 3. The maximum Gasteiger partial charge on any atom is 0.325 e. The monoisotopic (exact) mass is 470 g/mol. The van der Waals surface area contributed by atoms with Crippen molar-refractivity contribution in [2.45, 2.75) is 52.1 Å². The summed E-state index contributed by atoms with van der Waals surface area (Å²) in [4.78, 5) is 24.7. The molecule has 0 radical (unpaired) electrons. The van der Waals surface area contributed by atoms with Crippen LogP contribution in [-0.4, -0.2) is 47.2 Å². The molecular formula is C25H31ClN4O3. The van der Waals surface area contributed by atoms with E-state index >= 15 is 0 Å². The molecule has 1 aliphatic rings. The number of methoxy groups -OCH3 is 1. The summed E-state index contributed by atoms with van der Waals surface area (Å²) in [6.07, 6.45) is 7.57. The minimum absolute atomic E-state index is 0.0347. The Hall–Kier alpha value is -2.93. The van der Waals surface area contributed by atoms with E-state index in [1.807, 2.05) is 34.1 Å².